The van der Waals surface area contributed by atoms with Crippen LogP contribution in [-0.4, -0.2) is 15.0 Å². The van der Waals surface area contributed by atoms with E-state index >= 15 is 0 Å². The van der Waals surface area contributed by atoms with Crippen molar-refractivity contribution in [2.45, 2.75) is 19.9 Å². The van der Waals surface area contributed by atoms with E-state index in [1.807, 2.05) is 24.7 Å². The standard InChI is InChI=1S/C13H14N4S/c1-8(13-6-14-7-18-13)15-10-3-4-11-12(5-10)17-9(2)16-11/h3-8,15H,1-2H3,(H,16,17). The number of anilines is 1. The summed E-state index contributed by atoms with van der Waals surface area (Å²) in [6.07, 6.45) is 1.90. The summed E-state index contributed by atoms with van der Waals surface area (Å²) in [6, 6.07) is 6.44. The van der Waals surface area contributed by atoms with E-state index in [0.29, 0.717) is 0 Å². The molecular formula is C13H14N4S. The summed E-state index contributed by atoms with van der Waals surface area (Å²) < 4.78 is 0. The predicted octanol–water partition coefficient (Wildman–Crippen LogP) is 3.50. The molecule has 0 fully saturated rings. The molecular weight excluding hydrogens is 244 g/mol. The van der Waals surface area contributed by atoms with Crippen LogP contribution in [0.2, 0.25) is 0 Å². The largest absolute Gasteiger partial charge is 0.378 e. The Balaban J connectivity index is 1.86. The Morgan fingerprint density at radius 2 is 2.28 bits per heavy atom. The lowest BCUT2D eigenvalue weighted by molar-refractivity contribution is 0.904. The highest BCUT2D eigenvalue weighted by Gasteiger charge is 2.07. The Morgan fingerprint density at radius 3 is 3.06 bits per heavy atom. The number of nitrogens with zero attached hydrogens (tertiary/aromatic N) is 2. The number of aromatic nitrogens is 3. The van der Waals surface area contributed by atoms with E-state index in [2.05, 4.69) is 39.3 Å². The van der Waals surface area contributed by atoms with Gasteiger partial charge >= 0.3 is 0 Å². The maximum absolute atomic E-state index is 4.39. The molecule has 2 N–H and O–H groups in total. The van der Waals surface area contributed by atoms with Crippen molar-refractivity contribution in [1.82, 2.24) is 15.0 Å². The van der Waals surface area contributed by atoms with Crippen molar-refractivity contribution in [3.63, 3.8) is 0 Å². The molecule has 0 saturated carbocycles. The first-order valence-electron chi connectivity index (χ1n) is 5.83. The zero-order valence-corrected chi connectivity index (χ0v) is 11.1. The van der Waals surface area contributed by atoms with Crippen LogP contribution in [0.25, 0.3) is 11.0 Å². The molecule has 0 aliphatic carbocycles. The summed E-state index contributed by atoms with van der Waals surface area (Å²) >= 11 is 1.66. The van der Waals surface area contributed by atoms with Gasteiger partial charge in [0.1, 0.15) is 5.82 Å². The second-order valence-corrected chi connectivity index (χ2v) is 5.24. The summed E-state index contributed by atoms with van der Waals surface area (Å²) in [4.78, 5) is 13.0. The number of nitrogens with one attached hydrogen (secondary N) is 2. The fourth-order valence-electron chi connectivity index (χ4n) is 1.99. The molecule has 2 aromatic heterocycles. The maximum atomic E-state index is 4.39. The number of H-pyrrole nitrogens is 1. The first kappa shape index (κ1) is 11.2. The summed E-state index contributed by atoms with van der Waals surface area (Å²) in [5.74, 6) is 0.942. The lowest BCUT2D eigenvalue weighted by Gasteiger charge is -2.12. The van der Waals surface area contributed by atoms with Gasteiger partial charge in [-0.15, -0.1) is 11.3 Å². The van der Waals surface area contributed by atoms with Crippen LogP contribution in [0.1, 0.15) is 23.7 Å². The van der Waals surface area contributed by atoms with Gasteiger partial charge in [0.05, 0.1) is 22.6 Å². The molecule has 0 saturated heterocycles. The first-order chi connectivity index (χ1) is 8.72. The third kappa shape index (κ3) is 2.09. The molecule has 92 valence electrons. The summed E-state index contributed by atoms with van der Waals surface area (Å²) in [5, 5.41) is 3.47. The minimum Gasteiger partial charge on any atom is -0.378 e. The number of fused-ring (bicyclic) bond motifs is 1. The second kappa shape index (κ2) is 4.42. The van der Waals surface area contributed by atoms with Gasteiger partial charge in [-0.05, 0) is 32.0 Å². The van der Waals surface area contributed by atoms with Gasteiger partial charge in [-0.25, -0.2) is 4.98 Å². The Kier molecular flexibility index (Phi) is 2.76. The zero-order chi connectivity index (χ0) is 12.5. The monoisotopic (exact) mass is 258 g/mol. The molecule has 0 aliphatic rings. The summed E-state index contributed by atoms with van der Waals surface area (Å²) in [6.45, 7) is 4.10. The van der Waals surface area contributed by atoms with E-state index in [1.165, 1.54) is 4.88 Å². The lowest BCUT2D eigenvalue weighted by atomic mass is 10.2. The predicted molar refractivity (Wildman–Crippen MR) is 75.0 cm³/mol. The van der Waals surface area contributed by atoms with E-state index in [9.17, 15) is 0 Å². The Hall–Kier alpha value is -1.88. The number of benzene rings is 1. The molecule has 0 amide bonds. The first-order valence-corrected chi connectivity index (χ1v) is 6.71. The number of thiazole rings is 1. The minimum atomic E-state index is 0.263. The average Bonchev–Trinajstić information content (AvgIpc) is 2.95. The lowest BCUT2D eigenvalue weighted by Crippen LogP contribution is -2.04. The molecule has 5 heteroatoms. The van der Waals surface area contributed by atoms with Crippen molar-refractivity contribution >= 4 is 28.1 Å². The van der Waals surface area contributed by atoms with E-state index in [-0.39, 0.29) is 6.04 Å². The van der Waals surface area contributed by atoms with Gasteiger partial charge in [0.15, 0.2) is 0 Å². The van der Waals surface area contributed by atoms with Crippen LogP contribution in [0.4, 0.5) is 5.69 Å². The van der Waals surface area contributed by atoms with Crippen molar-refractivity contribution in [3.8, 4) is 0 Å². The van der Waals surface area contributed by atoms with Gasteiger partial charge in [-0.2, -0.15) is 0 Å². The zero-order valence-electron chi connectivity index (χ0n) is 10.3. The van der Waals surface area contributed by atoms with Gasteiger partial charge in [0.25, 0.3) is 0 Å². The molecule has 3 aromatic rings. The van der Waals surface area contributed by atoms with Gasteiger partial charge in [-0.3, -0.25) is 4.98 Å². The second-order valence-electron chi connectivity index (χ2n) is 4.32. The van der Waals surface area contributed by atoms with Crippen molar-refractivity contribution in [2.24, 2.45) is 0 Å². The third-order valence-corrected chi connectivity index (χ3v) is 3.82. The van der Waals surface area contributed by atoms with Crippen LogP contribution >= 0.6 is 11.3 Å². The minimum absolute atomic E-state index is 0.263. The molecule has 0 bridgehead atoms. The van der Waals surface area contributed by atoms with Crippen molar-refractivity contribution in [2.75, 3.05) is 5.32 Å². The summed E-state index contributed by atoms with van der Waals surface area (Å²) in [5.41, 5.74) is 5.01. The SMILES string of the molecule is Cc1nc2ccc(NC(C)c3cncs3)cc2[nH]1. The highest BCUT2D eigenvalue weighted by atomic mass is 32.1. The van der Waals surface area contributed by atoms with E-state index in [1.54, 1.807) is 11.3 Å². The van der Waals surface area contributed by atoms with Gasteiger partial charge in [0, 0.05) is 16.8 Å². The number of aryl methyl sites for hydroxylation is 1. The van der Waals surface area contributed by atoms with Gasteiger partial charge < -0.3 is 10.3 Å². The maximum Gasteiger partial charge on any atom is 0.104 e. The van der Waals surface area contributed by atoms with Crippen molar-refractivity contribution < 1.29 is 0 Å². The Morgan fingerprint density at radius 1 is 1.39 bits per heavy atom. The highest BCUT2D eigenvalue weighted by molar-refractivity contribution is 7.09. The molecule has 3 rings (SSSR count). The van der Waals surface area contributed by atoms with Crippen LogP contribution in [0.3, 0.4) is 0 Å². The number of hydrogen-bond donors (Lipinski definition) is 2. The highest BCUT2D eigenvalue weighted by Crippen LogP contribution is 2.24. The molecule has 0 radical (unpaired) electrons. The fourth-order valence-corrected chi connectivity index (χ4v) is 2.62. The van der Waals surface area contributed by atoms with E-state index < -0.39 is 0 Å². The quantitative estimate of drug-likeness (QED) is 0.756. The van der Waals surface area contributed by atoms with E-state index in [0.717, 1.165) is 22.5 Å². The molecule has 2 heterocycles. The van der Waals surface area contributed by atoms with Gasteiger partial charge in [0.2, 0.25) is 0 Å². The molecule has 1 aromatic carbocycles. The van der Waals surface area contributed by atoms with Gasteiger partial charge in [-0.1, -0.05) is 0 Å². The van der Waals surface area contributed by atoms with Crippen LogP contribution in [0, 0.1) is 6.92 Å². The summed E-state index contributed by atoms with van der Waals surface area (Å²) in [7, 11) is 0. The van der Waals surface area contributed by atoms with E-state index in [4.69, 9.17) is 0 Å². The number of rotatable bonds is 3. The Bertz CT molecular complexity index is 657. The number of imidazole rings is 1. The normalized spacial score (nSPS) is 12.8. The molecule has 4 nitrogen and oxygen atoms in total. The Labute approximate surface area is 109 Å². The molecule has 1 unspecified atom stereocenters. The number of hydrogen-bond acceptors (Lipinski definition) is 4. The van der Waals surface area contributed by atoms with Crippen molar-refractivity contribution in [1.29, 1.82) is 0 Å². The molecule has 0 spiro atoms. The fraction of sp³-hybridized carbons (Fsp3) is 0.231. The van der Waals surface area contributed by atoms with Crippen LogP contribution in [-0.2, 0) is 0 Å². The van der Waals surface area contributed by atoms with Crippen LogP contribution in [0.5, 0.6) is 0 Å². The molecule has 18 heavy (non-hydrogen) atoms. The average molecular weight is 258 g/mol. The van der Waals surface area contributed by atoms with Crippen LogP contribution in [0.15, 0.2) is 29.9 Å². The van der Waals surface area contributed by atoms with Crippen LogP contribution < -0.4 is 5.32 Å². The number of aromatic amines is 1. The van der Waals surface area contributed by atoms with Crippen molar-refractivity contribution in [3.05, 3.63) is 40.6 Å². The molecule has 1 atom stereocenters. The third-order valence-electron chi connectivity index (χ3n) is 2.86. The topological polar surface area (TPSA) is 53.6 Å². The molecule has 0 aliphatic heterocycles. The smallest absolute Gasteiger partial charge is 0.104 e.